The van der Waals surface area contributed by atoms with Crippen LogP contribution in [-0.2, 0) is 9.59 Å². The van der Waals surface area contributed by atoms with Crippen molar-refractivity contribution in [3.63, 3.8) is 0 Å². The van der Waals surface area contributed by atoms with Gasteiger partial charge in [0, 0.05) is 14.3 Å². The van der Waals surface area contributed by atoms with Crippen LogP contribution in [0.1, 0.15) is 21.5 Å². The summed E-state index contributed by atoms with van der Waals surface area (Å²) in [5.74, 6) is -1.89. The number of hydrogen-bond acceptors (Lipinski definition) is 5. The molecule has 2 N–H and O–H groups in total. The van der Waals surface area contributed by atoms with Crippen LogP contribution >= 0.6 is 34.2 Å². The normalized spacial score (nSPS) is 10.6. The van der Waals surface area contributed by atoms with Gasteiger partial charge in [0.25, 0.3) is 0 Å². The van der Waals surface area contributed by atoms with Crippen molar-refractivity contribution in [2.45, 2.75) is 6.92 Å². The minimum Gasteiger partial charge on any atom is -0.423 e. The van der Waals surface area contributed by atoms with E-state index in [1.807, 2.05) is 19.1 Å². The predicted octanol–water partition coefficient (Wildman–Crippen LogP) is 4.56. The fourth-order valence-corrected chi connectivity index (χ4v) is 3.27. The molecule has 3 rings (SSSR count). The molecule has 7 nitrogen and oxygen atoms in total. The minimum atomic E-state index is -0.930. The average molecular weight is 562 g/mol. The van der Waals surface area contributed by atoms with Gasteiger partial charge in [0.05, 0.1) is 11.8 Å². The lowest BCUT2D eigenvalue weighted by molar-refractivity contribution is -0.136. The number of ether oxygens (including phenoxy) is 1. The number of nitrogens with zero attached hydrogens (tertiary/aromatic N) is 1. The molecule has 0 aliphatic carbocycles. The highest BCUT2D eigenvalue weighted by Crippen LogP contribution is 2.20. The number of hydrogen-bond donors (Lipinski definition) is 2. The van der Waals surface area contributed by atoms with Crippen LogP contribution < -0.4 is 15.5 Å². The first-order valence-electron chi connectivity index (χ1n) is 9.31. The van der Waals surface area contributed by atoms with Crippen LogP contribution in [0.3, 0.4) is 0 Å². The van der Waals surface area contributed by atoms with Crippen molar-refractivity contribution in [2.75, 3.05) is 5.32 Å². The number of rotatable bonds is 5. The van der Waals surface area contributed by atoms with Crippen molar-refractivity contribution in [1.82, 2.24) is 5.43 Å². The molecule has 9 heteroatoms. The first-order valence-corrected chi connectivity index (χ1v) is 10.8. The summed E-state index contributed by atoms with van der Waals surface area (Å²) in [4.78, 5) is 36.1. The van der Waals surface area contributed by atoms with Crippen molar-refractivity contribution in [1.29, 1.82) is 0 Å². The quantitative estimate of drug-likeness (QED) is 0.119. The predicted molar refractivity (Wildman–Crippen MR) is 131 cm³/mol. The second kappa shape index (κ2) is 10.9. The number of benzene rings is 3. The van der Waals surface area contributed by atoms with Gasteiger partial charge >= 0.3 is 17.8 Å². The molecule has 3 aromatic carbocycles. The van der Waals surface area contributed by atoms with Gasteiger partial charge in [-0.2, -0.15) is 5.10 Å². The number of carbonyl (C=O) groups is 3. The maximum absolute atomic E-state index is 12.3. The van der Waals surface area contributed by atoms with Crippen LogP contribution in [0.4, 0.5) is 5.69 Å². The lowest BCUT2D eigenvalue weighted by Crippen LogP contribution is -2.32. The number of carbonyl (C=O) groups excluding carboxylic acids is 3. The van der Waals surface area contributed by atoms with Gasteiger partial charge in [-0.15, -0.1) is 0 Å². The molecule has 0 heterocycles. The molecule has 0 saturated carbocycles. The van der Waals surface area contributed by atoms with E-state index in [0.29, 0.717) is 27.6 Å². The Balaban J connectivity index is 1.52. The second-order valence-corrected chi connectivity index (χ2v) is 8.13. The topological polar surface area (TPSA) is 96.9 Å². The third kappa shape index (κ3) is 6.38. The summed E-state index contributed by atoms with van der Waals surface area (Å²) < 4.78 is 6.16. The van der Waals surface area contributed by atoms with E-state index in [4.69, 9.17) is 16.3 Å². The number of amides is 2. The molecule has 0 aliphatic rings. The molecule has 0 spiro atoms. The number of aryl methyl sites for hydroxylation is 1. The molecule has 0 aromatic heterocycles. The minimum absolute atomic E-state index is 0.368. The van der Waals surface area contributed by atoms with Crippen LogP contribution in [0.2, 0.25) is 5.02 Å². The number of hydrazone groups is 1. The Kier molecular flexibility index (Phi) is 7.96. The second-order valence-electron chi connectivity index (χ2n) is 6.56. The highest BCUT2D eigenvalue weighted by molar-refractivity contribution is 14.1. The maximum atomic E-state index is 12.3. The Morgan fingerprint density at radius 1 is 1.00 bits per heavy atom. The molecule has 0 saturated heterocycles. The zero-order valence-corrected chi connectivity index (χ0v) is 19.7. The Hall–Kier alpha value is -3.24. The average Bonchev–Trinajstić information content (AvgIpc) is 2.77. The van der Waals surface area contributed by atoms with E-state index in [0.717, 1.165) is 9.13 Å². The molecule has 3 aromatic rings. The molecule has 162 valence electrons. The van der Waals surface area contributed by atoms with E-state index < -0.39 is 17.8 Å². The fourth-order valence-electron chi connectivity index (χ4n) is 2.49. The van der Waals surface area contributed by atoms with Gasteiger partial charge in [-0.05, 0) is 89.2 Å². The van der Waals surface area contributed by atoms with Crippen LogP contribution in [0.15, 0.2) is 71.8 Å². The van der Waals surface area contributed by atoms with E-state index in [-0.39, 0.29) is 0 Å². The van der Waals surface area contributed by atoms with Crippen molar-refractivity contribution < 1.29 is 19.1 Å². The first-order chi connectivity index (χ1) is 15.3. The van der Waals surface area contributed by atoms with Crippen molar-refractivity contribution in [2.24, 2.45) is 5.10 Å². The zero-order chi connectivity index (χ0) is 23.1. The molecule has 0 bridgehead atoms. The molecule has 0 unspecified atom stereocenters. The summed E-state index contributed by atoms with van der Waals surface area (Å²) in [5, 5.41) is 6.69. The Morgan fingerprint density at radius 2 is 1.72 bits per heavy atom. The number of esters is 1. The van der Waals surface area contributed by atoms with Crippen LogP contribution in [-0.4, -0.2) is 24.0 Å². The molecular formula is C23H17ClIN3O4. The Morgan fingerprint density at radius 3 is 2.41 bits per heavy atom. The highest BCUT2D eigenvalue weighted by Gasteiger charge is 2.14. The Bertz CT molecular complexity index is 1200. The van der Waals surface area contributed by atoms with E-state index in [9.17, 15) is 14.4 Å². The lowest BCUT2D eigenvalue weighted by Gasteiger charge is -2.06. The van der Waals surface area contributed by atoms with E-state index in [2.05, 4.69) is 38.4 Å². The third-order valence-corrected chi connectivity index (χ3v) is 5.55. The van der Waals surface area contributed by atoms with Crippen molar-refractivity contribution in [3.8, 4) is 5.75 Å². The van der Waals surface area contributed by atoms with Crippen LogP contribution in [0.25, 0.3) is 0 Å². The third-order valence-electron chi connectivity index (χ3n) is 4.20. The summed E-state index contributed by atoms with van der Waals surface area (Å²) in [6.07, 6.45) is 1.36. The maximum Gasteiger partial charge on any atom is 0.344 e. The summed E-state index contributed by atoms with van der Waals surface area (Å²) in [6, 6.07) is 18.6. The van der Waals surface area contributed by atoms with E-state index >= 15 is 0 Å². The number of halogens is 2. The smallest absolute Gasteiger partial charge is 0.344 e. The summed E-state index contributed by atoms with van der Waals surface area (Å²) in [5.41, 5.74) is 4.52. The van der Waals surface area contributed by atoms with Gasteiger partial charge in [0.1, 0.15) is 5.75 Å². The molecule has 0 fully saturated rings. The van der Waals surface area contributed by atoms with Crippen LogP contribution in [0.5, 0.6) is 5.75 Å². The van der Waals surface area contributed by atoms with Gasteiger partial charge in [-0.25, -0.2) is 10.2 Å². The van der Waals surface area contributed by atoms with Crippen molar-refractivity contribution in [3.05, 3.63) is 92.0 Å². The van der Waals surface area contributed by atoms with Gasteiger partial charge < -0.3 is 10.1 Å². The largest absolute Gasteiger partial charge is 0.423 e. The van der Waals surface area contributed by atoms with Crippen molar-refractivity contribution >= 4 is 63.9 Å². The van der Waals surface area contributed by atoms with Crippen LogP contribution in [0, 0.1) is 10.5 Å². The summed E-state index contributed by atoms with van der Waals surface area (Å²) >= 11 is 8.07. The van der Waals surface area contributed by atoms with Gasteiger partial charge in [-0.1, -0.05) is 29.8 Å². The van der Waals surface area contributed by atoms with Gasteiger partial charge in [0.2, 0.25) is 0 Å². The number of nitrogens with one attached hydrogen (secondary N) is 2. The SMILES string of the molecule is Cc1ccc(NC(=O)C(=O)N/N=C\c2ccc(OC(=O)c3ccccc3I)cc2)cc1Cl. The Labute approximate surface area is 202 Å². The molecule has 2 amide bonds. The number of anilines is 1. The standard InChI is InChI=1S/C23H17ClIN3O4/c1-14-6-9-16(12-19(14)24)27-21(29)22(30)28-26-13-15-7-10-17(11-8-15)32-23(31)18-4-2-3-5-20(18)25/h2-13H,1H3,(H,27,29)(H,28,30)/b26-13-. The summed E-state index contributed by atoms with van der Waals surface area (Å²) in [6.45, 7) is 1.83. The molecule has 32 heavy (non-hydrogen) atoms. The first kappa shape index (κ1) is 23.4. The monoisotopic (exact) mass is 561 g/mol. The molecule has 0 radical (unpaired) electrons. The fraction of sp³-hybridized carbons (Fsp3) is 0.0435. The van der Waals surface area contributed by atoms with E-state index in [1.165, 1.54) is 6.21 Å². The highest BCUT2D eigenvalue weighted by atomic mass is 127. The zero-order valence-electron chi connectivity index (χ0n) is 16.8. The molecular weight excluding hydrogens is 545 g/mol. The van der Waals surface area contributed by atoms with E-state index in [1.54, 1.807) is 54.6 Å². The molecule has 0 aliphatic heterocycles. The molecule has 0 atom stereocenters. The summed E-state index contributed by atoms with van der Waals surface area (Å²) in [7, 11) is 0. The van der Waals surface area contributed by atoms with Gasteiger partial charge in [0.15, 0.2) is 0 Å². The lowest BCUT2D eigenvalue weighted by atomic mass is 10.2. The van der Waals surface area contributed by atoms with Gasteiger partial charge in [-0.3, -0.25) is 9.59 Å².